The van der Waals surface area contributed by atoms with Gasteiger partial charge in [0.15, 0.2) is 0 Å². The standard InChI is InChI=1S/C14H23NO5/c1-5-19-13(18)15-8-6-10(7-9-15)11(16)20-12(17)14(2,3)4/h10H,5-9H2,1-4H3. The summed E-state index contributed by atoms with van der Waals surface area (Å²) in [6, 6.07) is 0. The van der Waals surface area contributed by atoms with Crippen LogP contribution in [0.2, 0.25) is 0 Å². The molecule has 20 heavy (non-hydrogen) atoms. The molecule has 0 saturated carbocycles. The Balaban J connectivity index is 2.43. The number of likely N-dealkylation sites (tertiary alicyclic amines) is 1. The SMILES string of the molecule is CCOC(=O)N1CCC(C(=O)OC(=O)C(C)(C)C)CC1. The van der Waals surface area contributed by atoms with Gasteiger partial charge in [-0.1, -0.05) is 0 Å². The maximum absolute atomic E-state index is 11.9. The fourth-order valence-corrected chi connectivity index (χ4v) is 1.84. The first-order valence-corrected chi connectivity index (χ1v) is 6.93. The summed E-state index contributed by atoms with van der Waals surface area (Å²) in [5.74, 6) is -1.34. The number of piperidine rings is 1. The topological polar surface area (TPSA) is 72.9 Å². The van der Waals surface area contributed by atoms with Gasteiger partial charge in [-0.3, -0.25) is 9.59 Å². The zero-order valence-electron chi connectivity index (χ0n) is 12.6. The van der Waals surface area contributed by atoms with Gasteiger partial charge in [0.1, 0.15) is 0 Å². The molecule has 0 aromatic carbocycles. The van der Waals surface area contributed by atoms with Gasteiger partial charge < -0.3 is 14.4 Å². The Morgan fingerprint density at radius 2 is 1.70 bits per heavy atom. The van der Waals surface area contributed by atoms with Crippen molar-refractivity contribution in [3.05, 3.63) is 0 Å². The minimum absolute atomic E-state index is 0.327. The van der Waals surface area contributed by atoms with Crippen LogP contribution in [-0.4, -0.2) is 42.6 Å². The lowest BCUT2D eigenvalue weighted by Gasteiger charge is -2.30. The smallest absolute Gasteiger partial charge is 0.409 e. The molecule has 0 aliphatic carbocycles. The van der Waals surface area contributed by atoms with E-state index in [9.17, 15) is 14.4 Å². The number of hydrogen-bond acceptors (Lipinski definition) is 5. The van der Waals surface area contributed by atoms with Crippen LogP contribution in [0.3, 0.4) is 0 Å². The van der Waals surface area contributed by atoms with Crippen molar-refractivity contribution < 1.29 is 23.9 Å². The first-order valence-electron chi connectivity index (χ1n) is 6.93. The van der Waals surface area contributed by atoms with Crippen LogP contribution >= 0.6 is 0 Å². The molecule has 0 N–H and O–H groups in total. The summed E-state index contributed by atoms with van der Waals surface area (Å²) >= 11 is 0. The molecule has 1 heterocycles. The molecular weight excluding hydrogens is 262 g/mol. The van der Waals surface area contributed by atoms with Crippen molar-refractivity contribution in [2.24, 2.45) is 11.3 Å². The third-order valence-electron chi connectivity index (χ3n) is 3.16. The molecule has 0 spiro atoms. The highest BCUT2D eigenvalue weighted by atomic mass is 16.6. The fourth-order valence-electron chi connectivity index (χ4n) is 1.84. The van der Waals surface area contributed by atoms with Crippen molar-refractivity contribution in [3.8, 4) is 0 Å². The maximum atomic E-state index is 11.9. The molecule has 0 aromatic heterocycles. The molecule has 0 unspecified atom stereocenters. The second-order valence-corrected chi connectivity index (χ2v) is 5.92. The number of rotatable bonds is 2. The Morgan fingerprint density at radius 1 is 1.15 bits per heavy atom. The van der Waals surface area contributed by atoms with Crippen LogP contribution in [-0.2, 0) is 19.1 Å². The molecule has 0 bridgehead atoms. The molecule has 1 amide bonds. The quantitative estimate of drug-likeness (QED) is 0.573. The van der Waals surface area contributed by atoms with Crippen LogP contribution in [0.1, 0.15) is 40.5 Å². The molecule has 0 aromatic rings. The Hall–Kier alpha value is -1.59. The summed E-state index contributed by atoms with van der Waals surface area (Å²) in [6.07, 6.45) is 0.634. The van der Waals surface area contributed by atoms with E-state index in [2.05, 4.69) is 0 Å². The highest BCUT2D eigenvalue weighted by Crippen LogP contribution is 2.22. The first-order chi connectivity index (χ1) is 9.25. The third kappa shape index (κ3) is 4.51. The molecule has 1 fully saturated rings. The molecule has 6 nitrogen and oxygen atoms in total. The second-order valence-electron chi connectivity index (χ2n) is 5.92. The monoisotopic (exact) mass is 285 g/mol. The lowest BCUT2D eigenvalue weighted by atomic mass is 9.95. The van der Waals surface area contributed by atoms with Gasteiger partial charge in [0.2, 0.25) is 0 Å². The summed E-state index contributed by atoms with van der Waals surface area (Å²) in [5, 5.41) is 0. The number of amides is 1. The van der Waals surface area contributed by atoms with Gasteiger partial charge in [0.25, 0.3) is 0 Å². The molecule has 6 heteroatoms. The Bertz CT molecular complexity index is 378. The summed E-state index contributed by atoms with van der Waals surface area (Å²) in [6.45, 7) is 8.08. The third-order valence-corrected chi connectivity index (χ3v) is 3.16. The fraction of sp³-hybridized carbons (Fsp3) is 0.786. The minimum atomic E-state index is -0.693. The number of hydrogen-bond donors (Lipinski definition) is 0. The van der Waals surface area contributed by atoms with Crippen molar-refractivity contribution >= 4 is 18.0 Å². The van der Waals surface area contributed by atoms with E-state index in [1.807, 2.05) is 0 Å². The van der Waals surface area contributed by atoms with E-state index >= 15 is 0 Å². The van der Waals surface area contributed by atoms with E-state index in [1.54, 1.807) is 32.6 Å². The number of ether oxygens (including phenoxy) is 2. The van der Waals surface area contributed by atoms with Crippen LogP contribution in [0.25, 0.3) is 0 Å². The molecule has 114 valence electrons. The van der Waals surface area contributed by atoms with Gasteiger partial charge in [0, 0.05) is 13.1 Å². The van der Waals surface area contributed by atoms with Crippen molar-refractivity contribution in [1.29, 1.82) is 0 Å². The summed E-state index contributed by atoms with van der Waals surface area (Å²) in [5.41, 5.74) is -0.693. The van der Waals surface area contributed by atoms with E-state index in [1.165, 1.54) is 0 Å². The van der Waals surface area contributed by atoms with Crippen LogP contribution in [0, 0.1) is 11.3 Å². The molecule has 1 rings (SSSR count). The number of esters is 2. The van der Waals surface area contributed by atoms with Crippen molar-refractivity contribution in [3.63, 3.8) is 0 Å². The summed E-state index contributed by atoms with van der Waals surface area (Å²) < 4.78 is 9.79. The minimum Gasteiger partial charge on any atom is -0.450 e. The Kier molecular flexibility index (Phi) is 5.53. The van der Waals surface area contributed by atoms with E-state index in [0.29, 0.717) is 32.5 Å². The van der Waals surface area contributed by atoms with Gasteiger partial charge >= 0.3 is 18.0 Å². The first kappa shape index (κ1) is 16.5. The van der Waals surface area contributed by atoms with E-state index in [4.69, 9.17) is 9.47 Å². The number of carbonyl (C=O) groups excluding carboxylic acids is 3. The Labute approximate surface area is 119 Å². The normalized spacial score (nSPS) is 16.7. The predicted octanol–water partition coefficient (Wildman–Crippen LogP) is 1.97. The molecule has 0 atom stereocenters. The summed E-state index contributed by atoms with van der Waals surface area (Å²) in [4.78, 5) is 36.6. The van der Waals surface area contributed by atoms with Crippen LogP contribution < -0.4 is 0 Å². The molecule has 1 aliphatic heterocycles. The molecular formula is C14H23NO5. The van der Waals surface area contributed by atoms with E-state index in [0.717, 1.165) is 0 Å². The lowest BCUT2D eigenvalue weighted by molar-refractivity contribution is -0.169. The highest BCUT2D eigenvalue weighted by molar-refractivity contribution is 5.89. The van der Waals surface area contributed by atoms with Crippen molar-refractivity contribution in [2.75, 3.05) is 19.7 Å². The lowest BCUT2D eigenvalue weighted by Crippen LogP contribution is -2.41. The molecule has 0 radical (unpaired) electrons. The number of carbonyl (C=O) groups is 3. The number of nitrogens with zero attached hydrogens (tertiary/aromatic N) is 1. The average molecular weight is 285 g/mol. The van der Waals surface area contributed by atoms with E-state index < -0.39 is 17.4 Å². The maximum Gasteiger partial charge on any atom is 0.409 e. The van der Waals surface area contributed by atoms with Gasteiger partial charge in [-0.2, -0.15) is 0 Å². The van der Waals surface area contributed by atoms with Crippen molar-refractivity contribution in [1.82, 2.24) is 4.90 Å². The van der Waals surface area contributed by atoms with Crippen LogP contribution in [0.4, 0.5) is 4.79 Å². The van der Waals surface area contributed by atoms with Gasteiger partial charge in [0.05, 0.1) is 17.9 Å². The zero-order chi connectivity index (χ0) is 15.3. The molecule has 1 aliphatic rings. The highest BCUT2D eigenvalue weighted by Gasteiger charge is 2.32. The van der Waals surface area contributed by atoms with Gasteiger partial charge in [-0.15, -0.1) is 0 Å². The zero-order valence-corrected chi connectivity index (χ0v) is 12.6. The van der Waals surface area contributed by atoms with E-state index in [-0.39, 0.29) is 12.0 Å². The summed E-state index contributed by atoms with van der Waals surface area (Å²) in [7, 11) is 0. The Morgan fingerprint density at radius 3 is 2.15 bits per heavy atom. The van der Waals surface area contributed by atoms with Gasteiger partial charge in [-0.25, -0.2) is 4.79 Å². The molecule has 1 saturated heterocycles. The van der Waals surface area contributed by atoms with Gasteiger partial charge in [-0.05, 0) is 40.5 Å². The average Bonchev–Trinajstić information content (AvgIpc) is 2.38. The largest absolute Gasteiger partial charge is 0.450 e. The van der Waals surface area contributed by atoms with Crippen LogP contribution in [0.15, 0.2) is 0 Å². The van der Waals surface area contributed by atoms with Crippen molar-refractivity contribution in [2.45, 2.75) is 40.5 Å². The second kappa shape index (κ2) is 6.72. The predicted molar refractivity (Wildman–Crippen MR) is 71.9 cm³/mol. The van der Waals surface area contributed by atoms with Crippen LogP contribution in [0.5, 0.6) is 0 Å².